The molecule has 0 heterocycles. The summed E-state index contributed by atoms with van der Waals surface area (Å²) in [4.78, 5) is 11.1. The number of allylic oxidation sites excluding steroid dienone is 1. The fourth-order valence-corrected chi connectivity index (χ4v) is 0.885. The lowest BCUT2D eigenvalue weighted by Crippen LogP contribution is -2.32. The van der Waals surface area contributed by atoms with Crippen molar-refractivity contribution < 1.29 is 4.79 Å². The molecule has 0 amide bonds. The van der Waals surface area contributed by atoms with E-state index in [-0.39, 0.29) is 12.2 Å². The Morgan fingerprint density at radius 3 is 2.50 bits per heavy atom. The van der Waals surface area contributed by atoms with Crippen LogP contribution in [0.15, 0.2) is 11.6 Å². The van der Waals surface area contributed by atoms with Crippen molar-refractivity contribution in [2.45, 2.75) is 24.8 Å². The van der Waals surface area contributed by atoms with Gasteiger partial charge in [0.2, 0.25) is 0 Å². The average Bonchev–Trinajstić information content (AvgIpc) is 2.47. The second-order valence-corrected chi connectivity index (χ2v) is 3.31. The van der Waals surface area contributed by atoms with Gasteiger partial charge in [0.15, 0.2) is 5.78 Å². The molecule has 0 saturated heterocycles. The molecule has 0 unspecified atom stereocenters. The van der Waals surface area contributed by atoms with Crippen molar-refractivity contribution in [2.75, 3.05) is 0 Å². The van der Waals surface area contributed by atoms with Crippen molar-refractivity contribution in [3.63, 3.8) is 0 Å². The fourth-order valence-electron chi connectivity index (χ4n) is 0.764. The molecular formula is C7H10ClNO. The van der Waals surface area contributed by atoms with Crippen molar-refractivity contribution in [3.8, 4) is 0 Å². The zero-order chi connectivity index (χ0) is 7.78. The van der Waals surface area contributed by atoms with Crippen molar-refractivity contribution in [1.82, 2.24) is 0 Å². The van der Waals surface area contributed by atoms with Gasteiger partial charge in [-0.2, -0.15) is 0 Å². The van der Waals surface area contributed by atoms with E-state index < -0.39 is 5.54 Å². The lowest BCUT2D eigenvalue weighted by molar-refractivity contribution is -0.120. The summed E-state index contributed by atoms with van der Waals surface area (Å²) >= 11 is 5.44. The van der Waals surface area contributed by atoms with Crippen LogP contribution in [-0.4, -0.2) is 11.3 Å². The number of hydrogen-bond acceptors (Lipinski definition) is 2. The van der Waals surface area contributed by atoms with E-state index in [2.05, 4.69) is 6.58 Å². The van der Waals surface area contributed by atoms with Gasteiger partial charge in [0.25, 0.3) is 0 Å². The molecule has 1 aliphatic carbocycles. The Bertz CT molecular complexity index is 184. The zero-order valence-corrected chi connectivity index (χ0v) is 6.45. The number of rotatable bonds is 3. The van der Waals surface area contributed by atoms with E-state index in [1.165, 1.54) is 0 Å². The Balaban J connectivity index is 2.43. The zero-order valence-electron chi connectivity index (χ0n) is 5.69. The van der Waals surface area contributed by atoms with E-state index in [1.807, 2.05) is 0 Å². The second-order valence-electron chi connectivity index (χ2n) is 2.77. The standard InChI is InChI=1S/C7H10ClNO/c1-5(8)4-6(10)7(9)2-3-7/h1-4,9H2. The first kappa shape index (κ1) is 7.76. The molecule has 0 aromatic heterocycles. The molecule has 0 spiro atoms. The molecule has 3 heteroatoms. The molecule has 0 aliphatic heterocycles. The van der Waals surface area contributed by atoms with E-state index >= 15 is 0 Å². The molecule has 0 aromatic rings. The Kier molecular flexibility index (Phi) is 1.84. The smallest absolute Gasteiger partial charge is 0.157 e. The summed E-state index contributed by atoms with van der Waals surface area (Å²) in [6.45, 7) is 3.43. The third kappa shape index (κ3) is 1.58. The van der Waals surface area contributed by atoms with Crippen LogP contribution in [0.3, 0.4) is 0 Å². The average molecular weight is 160 g/mol. The number of hydrogen-bond donors (Lipinski definition) is 1. The predicted octanol–water partition coefficient (Wildman–Crippen LogP) is 1.19. The minimum Gasteiger partial charge on any atom is -0.319 e. The number of carbonyl (C=O) groups excluding carboxylic acids is 1. The van der Waals surface area contributed by atoms with Gasteiger partial charge in [-0.05, 0) is 12.8 Å². The Labute approximate surface area is 65.0 Å². The summed E-state index contributed by atoms with van der Waals surface area (Å²) in [5.41, 5.74) is 5.05. The first-order chi connectivity index (χ1) is 4.54. The van der Waals surface area contributed by atoms with E-state index in [0.717, 1.165) is 12.8 Å². The summed E-state index contributed by atoms with van der Waals surface area (Å²) in [7, 11) is 0. The highest BCUT2D eigenvalue weighted by atomic mass is 35.5. The van der Waals surface area contributed by atoms with Crippen molar-refractivity contribution in [3.05, 3.63) is 11.6 Å². The minimum absolute atomic E-state index is 0.0208. The highest BCUT2D eigenvalue weighted by Gasteiger charge is 2.44. The van der Waals surface area contributed by atoms with Gasteiger partial charge < -0.3 is 5.73 Å². The normalized spacial score (nSPS) is 20.2. The molecule has 0 radical (unpaired) electrons. The molecule has 0 aromatic carbocycles. The Morgan fingerprint density at radius 1 is 1.70 bits per heavy atom. The SMILES string of the molecule is C=C(Cl)CC(=O)C1(N)CC1. The summed E-state index contributed by atoms with van der Waals surface area (Å²) in [5.74, 6) is 0.0208. The van der Waals surface area contributed by atoms with Crippen LogP contribution >= 0.6 is 11.6 Å². The van der Waals surface area contributed by atoms with Crippen LogP contribution in [0, 0.1) is 0 Å². The highest BCUT2D eigenvalue weighted by molar-refractivity contribution is 6.30. The van der Waals surface area contributed by atoms with Crippen LogP contribution in [0.1, 0.15) is 19.3 Å². The number of ketones is 1. The molecule has 10 heavy (non-hydrogen) atoms. The highest BCUT2D eigenvalue weighted by Crippen LogP contribution is 2.34. The van der Waals surface area contributed by atoms with Gasteiger partial charge in [-0.25, -0.2) is 0 Å². The van der Waals surface area contributed by atoms with Gasteiger partial charge in [0.1, 0.15) is 0 Å². The first-order valence-electron chi connectivity index (χ1n) is 3.20. The van der Waals surface area contributed by atoms with Crippen LogP contribution in [0.2, 0.25) is 0 Å². The predicted molar refractivity (Wildman–Crippen MR) is 40.8 cm³/mol. The number of nitrogens with two attached hydrogens (primary N) is 1. The topological polar surface area (TPSA) is 43.1 Å². The molecule has 1 aliphatic rings. The van der Waals surface area contributed by atoms with Crippen molar-refractivity contribution in [1.29, 1.82) is 0 Å². The summed E-state index contributed by atoms with van der Waals surface area (Å²) < 4.78 is 0. The van der Waals surface area contributed by atoms with Gasteiger partial charge in [-0.1, -0.05) is 18.2 Å². The largest absolute Gasteiger partial charge is 0.319 e. The Morgan fingerprint density at radius 2 is 2.20 bits per heavy atom. The molecule has 56 valence electrons. The third-order valence-electron chi connectivity index (χ3n) is 1.70. The lowest BCUT2D eigenvalue weighted by Gasteiger charge is -2.04. The molecule has 2 nitrogen and oxygen atoms in total. The molecular weight excluding hydrogens is 150 g/mol. The van der Waals surface area contributed by atoms with Crippen LogP contribution in [-0.2, 0) is 4.79 Å². The maximum absolute atomic E-state index is 11.1. The summed E-state index contributed by atoms with van der Waals surface area (Å²) in [6.07, 6.45) is 1.82. The van der Waals surface area contributed by atoms with E-state index in [1.54, 1.807) is 0 Å². The van der Waals surface area contributed by atoms with Crippen LogP contribution in [0.5, 0.6) is 0 Å². The van der Waals surface area contributed by atoms with Crippen molar-refractivity contribution >= 4 is 17.4 Å². The number of Topliss-reactive ketones (excluding diaryl/α,β-unsaturated/α-hetero) is 1. The van der Waals surface area contributed by atoms with Crippen LogP contribution in [0.25, 0.3) is 0 Å². The lowest BCUT2D eigenvalue weighted by atomic mass is 10.1. The molecule has 0 atom stereocenters. The number of halogens is 1. The second kappa shape index (κ2) is 2.36. The van der Waals surface area contributed by atoms with Gasteiger partial charge in [-0.15, -0.1) is 0 Å². The maximum Gasteiger partial charge on any atom is 0.157 e. The minimum atomic E-state index is -0.544. The van der Waals surface area contributed by atoms with Gasteiger partial charge in [0, 0.05) is 11.5 Å². The molecule has 1 fully saturated rings. The van der Waals surface area contributed by atoms with E-state index in [0.29, 0.717) is 5.03 Å². The molecule has 1 rings (SSSR count). The monoisotopic (exact) mass is 159 g/mol. The fraction of sp³-hybridized carbons (Fsp3) is 0.571. The molecule has 1 saturated carbocycles. The number of carbonyl (C=O) groups is 1. The van der Waals surface area contributed by atoms with Crippen LogP contribution in [0.4, 0.5) is 0 Å². The van der Waals surface area contributed by atoms with Crippen LogP contribution < -0.4 is 5.73 Å². The molecule has 0 bridgehead atoms. The van der Waals surface area contributed by atoms with Gasteiger partial charge in [-0.3, -0.25) is 4.79 Å². The third-order valence-corrected chi connectivity index (χ3v) is 1.83. The summed E-state index contributed by atoms with van der Waals surface area (Å²) in [5, 5.41) is 0.377. The van der Waals surface area contributed by atoms with E-state index in [9.17, 15) is 4.79 Å². The van der Waals surface area contributed by atoms with Gasteiger partial charge >= 0.3 is 0 Å². The Hall–Kier alpha value is -0.340. The first-order valence-corrected chi connectivity index (χ1v) is 3.58. The van der Waals surface area contributed by atoms with Gasteiger partial charge in [0.05, 0.1) is 5.54 Å². The summed E-state index contributed by atoms with van der Waals surface area (Å²) in [6, 6.07) is 0. The van der Waals surface area contributed by atoms with E-state index in [4.69, 9.17) is 17.3 Å². The quantitative estimate of drug-likeness (QED) is 0.672. The molecule has 2 N–H and O–H groups in total. The van der Waals surface area contributed by atoms with Crippen molar-refractivity contribution in [2.24, 2.45) is 5.73 Å². The maximum atomic E-state index is 11.1.